The Morgan fingerprint density at radius 1 is 1.09 bits per heavy atom. The summed E-state index contributed by atoms with van der Waals surface area (Å²) in [5.74, 6) is 0.102. The molecule has 0 aromatic heterocycles. The summed E-state index contributed by atoms with van der Waals surface area (Å²) in [6.45, 7) is 5.58. The monoisotopic (exact) mass is 493 g/mol. The summed E-state index contributed by atoms with van der Waals surface area (Å²) in [7, 11) is -3.46. The fourth-order valence-corrected chi connectivity index (χ4v) is 6.51. The van der Waals surface area contributed by atoms with Crippen LogP contribution in [0.25, 0.3) is 0 Å². The number of aryl methyl sites for hydroxylation is 1. The standard InChI is InChI=1S/C25H39N3O5S/c1-3-33-23(29)19-25(14-5-4-6-15-25)27-24(30)26-16-11-21-12-17-28(18-13-21)34(31,32)22-9-7-20(2)8-10-22/h7-10,21H,3-6,11-19H2,1-2H3,(H2,26,27,30). The lowest BCUT2D eigenvalue weighted by Crippen LogP contribution is -2.54. The maximum Gasteiger partial charge on any atom is 0.315 e. The summed E-state index contributed by atoms with van der Waals surface area (Å²) < 4.78 is 32.4. The second-order valence-corrected chi connectivity index (χ2v) is 11.6. The van der Waals surface area contributed by atoms with Crippen molar-refractivity contribution in [3.05, 3.63) is 29.8 Å². The zero-order chi connectivity index (χ0) is 24.6. The Morgan fingerprint density at radius 3 is 2.35 bits per heavy atom. The molecule has 8 nitrogen and oxygen atoms in total. The fourth-order valence-electron chi connectivity index (χ4n) is 5.04. The van der Waals surface area contributed by atoms with Crippen molar-refractivity contribution in [3.8, 4) is 0 Å². The number of hydrogen-bond donors (Lipinski definition) is 2. The van der Waals surface area contributed by atoms with Gasteiger partial charge in [0.25, 0.3) is 0 Å². The summed E-state index contributed by atoms with van der Waals surface area (Å²) in [6, 6.07) is 6.73. The van der Waals surface area contributed by atoms with Crippen LogP contribution in [0.5, 0.6) is 0 Å². The van der Waals surface area contributed by atoms with Crippen molar-refractivity contribution in [2.75, 3.05) is 26.2 Å². The highest BCUT2D eigenvalue weighted by molar-refractivity contribution is 7.89. The molecular weight excluding hydrogens is 454 g/mol. The first-order valence-electron chi connectivity index (χ1n) is 12.5. The zero-order valence-electron chi connectivity index (χ0n) is 20.5. The maximum absolute atomic E-state index is 12.9. The van der Waals surface area contributed by atoms with Crippen LogP contribution in [0.15, 0.2) is 29.2 Å². The smallest absolute Gasteiger partial charge is 0.315 e. The third kappa shape index (κ3) is 7.18. The maximum atomic E-state index is 12.9. The highest BCUT2D eigenvalue weighted by atomic mass is 32.2. The first kappa shape index (κ1) is 26.5. The summed E-state index contributed by atoms with van der Waals surface area (Å²) in [5.41, 5.74) is 0.508. The van der Waals surface area contributed by atoms with E-state index in [0.29, 0.717) is 37.1 Å². The SMILES string of the molecule is CCOC(=O)CC1(NC(=O)NCCC2CCN(S(=O)(=O)c3ccc(C)cc3)CC2)CCCCC1. The Morgan fingerprint density at radius 2 is 1.74 bits per heavy atom. The lowest BCUT2D eigenvalue weighted by atomic mass is 9.79. The molecule has 34 heavy (non-hydrogen) atoms. The lowest BCUT2D eigenvalue weighted by molar-refractivity contribution is -0.145. The summed E-state index contributed by atoms with van der Waals surface area (Å²) in [5, 5.41) is 6.02. The number of esters is 1. The van der Waals surface area contributed by atoms with E-state index in [2.05, 4.69) is 10.6 Å². The van der Waals surface area contributed by atoms with Crippen molar-refractivity contribution in [1.29, 1.82) is 0 Å². The van der Waals surface area contributed by atoms with Gasteiger partial charge in [-0.1, -0.05) is 37.0 Å². The second-order valence-electron chi connectivity index (χ2n) is 9.65. The van der Waals surface area contributed by atoms with Gasteiger partial charge in [0.05, 0.1) is 23.5 Å². The molecule has 2 amide bonds. The first-order valence-corrected chi connectivity index (χ1v) is 14.0. The fraction of sp³-hybridized carbons (Fsp3) is 0.680. The minimum absolute atomic E-state index is 0.210. The van der Waals surface area contributed by atoms with Gasteiger partial charge in [0.15, 0.2) is 0 Å². The third-order valence-corrected chi connectivity index (χ3v) is 8.96. The zero-order valence-corrected chi connectivity index (χ0v) is 21.3. The average molecular weight is 494 g/mol. The molecule has 3 rings (SSSR count). The van der Waals surface area contributed by atoms with Crippen LogP contribution >= 0.6 is 0 Å². The molecule has 2 N–H and O–H groups in total. The van der Waals surface area contributed by atoms with Crippen LogP contribution in [0, 0.1) is 12.8 Å². The van der Waals surface area contributed by atoms with E-state index in [1.807, 2.05) is 19.1 Å². The van der Waals surface area contributed by atoms with E-state index in [1.54, 1.807) is 23.4 Å². The van der Waals surface area contributed by atoms with Crippen molar-refractivity contribution in [1.82, 2.24) is 14.9 Å². The molecule has 0 atom stereocenters. The molecule has 0 radical (unpaired) electrons. The quantitative estimate of drug-likeness (QED) is 0.510. The Bertz CT molecular complexity index is 918. The van der Waals surface area contributed by atoms with Crippen LogP contribution in [0.3, 0.4) is 0 Å². The molecular formula is C25H39N3O5S. The molecule has 2 fully saturated rings. The molecule has 190 valence electrons. The van der Waals surface area contributed by atoms with Crippen molar-refractivity contribution < 1.29 is 22.7 Å². The Hall–Kier alpha value is -2.13. The van der Waals surface area contributed by atoms with Gasteiger partial charge in [-0.3, -0.25) is 4.79 Å². The van der Waals surface area contributed by atoms with Gasteiger partial charge in [0, 0.05) is 19.6 Å². The van der Waals surface area contributed by atoms with Gasteiger partial charge in [-0.05, 0) is 64.0 Å². The Balaban J connectivity index is 1.43. The molecule has 0 spiro atoms. The van der Waals surface area contributed by atoms with E-state index in [0.717, 1.165) is 56.9 Å². The summed E-state index contributed by atoms with van der Waals surface area (Å²) in [4.78, 5) is 25.0. The number of piperidine rings is 1. The molecule has 1 aromatic carbocycles. The molecule has 2 aliphatic rings. The predicted molar refractivity (Wildman–Crippen MR) is 131 cm³/mol. The summed E-state index contributed by atoms with van der Waals surface area (Å²) in [6.07, 6.45) is 7.24. The van der Waals surface area contributed by atoms with Gasteiger partial charge >= 0.3 is 12.0 Å². The van der Waals surface area contributed by atoms with E-state index >= 15 is 0 Å². The Labute approximate surface area is 203 Å². The number of rotatable bonds is 9. The normalized spacial score (nSPS) is 19.4. The van der Waals surface area contributed by atoms with Crippen molar-refractivity contribution >= 4 is 22.0 Å². The van der Waals surface area contributed by atoms with Crippen molar-refractivity contribution in [3.63, 3.8) is 0 Å². The van der Waals surface area contributed by atoms with Gasteiger partial charge < -0.3 is 15.4 Å². The first-order chi connectivity index (χ1) is 16.2. The van der Waals surface area contributed by atoms with Gasteiger partial charge in [0.1, 0.15) is 0 Å². The van der Waals surface area contributed by atoms with E-state index in [-0.39, 0.29) is 18.4 Å². The number of nitrogens with one attached hydrogen (secondary N) is 2. The molecule has 0 bridgehead atoms. The predicted octanol–water partition coefficient (Wildman–Crippen LogP) is 3.74. The number of carbonyl (C=O) groups is 2. The highest BCUT2D eigenvalue weighted by Gasteiger charge is 2.36. The Kier molecular flexibility index (Phi) is 9.36. The molecule has 1 aliphatic carbocycles. The number of sulfonamides is 1. The molecule has 0 unspecified atom stereocenters. The largest absolute Gasteiger partial charge is 0.466 e. The number of benzene rings is 1. The molecule has 1 aromatic rings. The molecule has 1 saturated heterocycles. The minimum Gasteiger partial charge on any atom is -0.466 e. The summed E-state index contributed by atoms with van der Waals surface area (Å²) >= 11 is 0. The average Bonchev–Trinajstić information content (AvgIpc) is 2.80. The van der Waals surface area contributed by atoms with Gasteiger partial charge in [-0.2, -0.15) is 4.31 Å². The molecule has 1 aliphatic heterocycles. The molecule has 1 saturated carbocycles. The van der Waals surface area contributed by atoms with Crippen LogP contribution < -0.4 is 10.6 Å². The molecule has 1 heterocycles. The second kappa shape index (κ2) is 12.0. The van der Waals surface area contributed by atoms with E-state index in [9.17, 15) is 18.0 Å². The van der Waals surface area contributed by atoms with Crippen LogP contribution in [-0.4, -0.2) is 56.5 Å². The number of urea groups is 1. The number of ether oxygens (including phenoxy) is 1. The van der Waals surface area contributed by atoms with Crippen LogP contribution in [0.4, 0.5) is 4.79 Å². The topological polar surface area (TPSA) is 105 Å². The number of hydrogen-bond acceptors (Lipinski definition) is 5. The third-order valence-electron chi connectivity index (χ3n) is 7.05. The minimum atomic E-state index is -3.46. The van der Waals surface area contributed by atoms with Gasteiger partial charge in [-0.15, -0.1) is 0 Å². The van der Waals surface area contributed by atoms with E-state index in [4.69, 9.17) is 4.74 Å². The molecule has 9 heteroatoms. The number of nitrogens with zero attached hydrogens (tertiary/aromatic N) is 1. The van der Waals surface area contributed by atoms with Gasteiger partial charge in [0.2, 0.25) is 10.0 Å². The van der Waals surface area contributed by atoms with E-state index < -0.39 is 15.6 Å². The van der Waals surface area contributed by atoms with Gasteiger partial charge in [-0.25, -0.2) is 13.2 Å². The number of carbonyl (C=O) groups excluding carboxylic acids is 2. The lowest BCUT2D eigenvalue weighted by Gasteiger charge is -2.37. The van der Waals surface area contributed by atoms with E-state index in [1.165, 1.54) is 0 Å². The number of amides is 2. The van der Waals surface area contributed by atoms with Crippen LogP contribution in [0.1, 0.15) is 70.3 Å². The van der Waals surface area contributed by atoms with Crippen LogP contribution in [-0.2, 0) is 19.6 Å². The van der Waals surface area contributed by atoms with Crippen molar-refractivity contribution in [2.45, 2.75) is 82.1 Å². The van der Waals surface area contributed by atoms with Crippen molar-refractivity contribution in [2.24, 2.45) is 5.92 Å². The highest BCUT2D eigenvalue weighted by Crippen LogP contribution is 2.31. The van der Waals surface area contributed by atoms with Crippen LogP contribution in [0.2, 0.25) is 0 Å².